The fourth-order valence-corrected chi connectivity index (χ4v) is 2.28. The third-order valence-electron chi connectivity index (χ3n) is 2.07. The van der Waals surface area contributed by atoms with Crippen LogP contribution in [0.4, 0.5) is 4.39 Å². The number of hydrogen-bond donors (Lipinski definition) is 0. The van der Waals surface area contributed by atoms with Gasteiger partial charge in [0.15, 0.2) is 6.29 Å². The number of hydrogen-bond acceptors (Lipinski definition) is 2. The number of rotatable bonds is 3. The molecule has 0 radical (unpaired) electrons. The van der Waals surface area contributed by atoms with E-state index in [9.17, 15) is 9.18 Å². The summed E-state index contributed by atoms with van der Waals surface area (Å²) in [5, 5.41) is 0. The summed E-state index contributed by atoms with van der Waals surface area (Å²) in [6, 6.07) is 13.6. The van der Waals surface area contributed by atoms with Crippen LogP contribution >= 0.6 is 11.8 Å². The van der Waals surface area contributed by atoms with Crippen molar-refractivity contribution in [3.8, 4) is 0 Å². The molecular weight excluding hydrogens is 223 g/mol. The Balaban J connectivity index is 2.30. The van der Waals surface area contributed by atoms with Gasteiger partial charge < -0.3 is 0 Å². The zero-order valence-electron chi connectivity index (χ0n) is 8.39. The van der Waals surface area contributed by atoms with Gasteiger partial charge in [-0.15, -0.1) is 0 Å². The van der Waals surface area contributed by atoms with Crippen molar-refractivity contribution in [3.05, 3.63) is 59.9 Å². The molecule has 0 atom stereocenters. The lowest BCUT2D eigenvalue weighted by molar-refractivity contribution is 0.112. The summed E-state index contributed by atoms with van der Waals surface area (Å²) in [7, 11) is 0. The van der Waals surface area contributed by atoms with Gasteiger partial charge in [-0.3, -0.25) is 4.79 Å². The van der Waals surface area contributed by atoms with Crippen LogP contribution in [0.1, 0.15) is 10.4 Å². The molecule has 0 N–H and O–H groups in total. The van der Waals surface area contributed by atoms with Crippen LogP contribution in [0.5, 0.6) is 0 Å². The lowest BCUT2D eigenvalue weighted by Crippen LogP contribution is -1.84. The maximum Gasteiger partial charge on any atom is 0.151 e. The molecule has 0 fully saturated rings. The van der Waals surface area contributed by atoms with Crippen LogP contribution in [0, 0.1) is 5.82 Å². The summed E-state index contributed by atoms with van der Waals surface area (Å²) in [5.74, 6) is -0.270. The molecule has 0 amide bonds. The van der Waals surface area contributed by atoms with Gasteiger partial charge in [-0.1, -0.05) is 36.0 Å². The molecule has 0 aliphatic rings. The van der Waals surface area contributed by atoms with Crippen molar-refractivity contribution in [3.63, 3.8) is 0 Å². The molecule has 2 aromatic rings. The van der Waals surface area contributed by atoms with Crippen molar-refractivity contribution in [2.45, 2.75) is 9.79 Å². The highest BCUT2D eigenvalue weighted by atomic mass is 32.2. The van der Waals surface area contributed by atoms with Crippen LogP contribution in [0.3, 0.4) is 0 Å². The van der Waals surface area contributed by atoms with Gasteiger partial charge in [-0.25, -0.2) is 4.39 Å². The molecule has 3 heteroatoms. The first-order chi connectivity index (χ1) is 7.79. The minimum atomic E-state index is -0.270. The van der Waals surface area contributed by atoms with Crippen molar-refractivity contribution in [1.29, 1.82) is 0 Å². The average molecular weight is 232 g/mol. The van der Waals surface area contributed by atoms with Gasteiger partial charge in [0.25, 0.3) is 0 Å². The van der Waals surface area contributed by atoms with E-state index in [4.69, 9.17) is 0 Å². The summed E-state index contributed by atoms with van der Waals surface area (Å²) in [5.41, 5.74) is 0.622. The van der Waals surface area contributed by atoms with Crippen LogP contribution in [0.2, 0.25) is 0 Å². The maximum absolute atomic E-state index is 13.0. The Morgan fingerprint density at radius 2 is 1.88 bits per heavy atom. The molecular formula is C13H9FOS. The first kappa shape index (κ1) is 10.9. The summed E-state index contributed by atoms with van der Waals surface area (Å²) in [4.78, 5) is 12.4. The van der Waals surface area contributed by atoms with Crippen molar-refractivity contribution in [1.82, 2.24) is 0 Å². The number of carbonyl (C=O) groups is 1. The molecule has 2 rings (SSSR count). The fourth-order valence-electron chi connectivity index (χ4n) is 1.33. The Morgan fingerprint density at radius 1 is 1.06 bits per heavy atom. The second-order valence-corrected chi connectivity index (χ2v) is 4.33. The van der Waals surface area contributed by atoms with E-state index in [1.807, 2.05) is 18.2 Å². The Kier molecular flexibility index (Phi) is 3.37. The Bertz CT molecular complexity index is 511. The fraction of sp³-hybridized carbons (Fsp3) is 0. The molecule has 0 heterocycles. The van der Waals surface area contributed by atoms with E-state index in [1.165, 1.54) is 23.9 Å². The topological polar surface area (TPSA) is 17.1 Å². The minimum Gasteiger partial charge on any atom is -0.298 e. The summed E-state index contributed by atoms with van der Waals surface area (Å²) in [6.45, 7) is 0. The molecule has 0 aromatic heterocycles. The van der Waals surface area contributed by atoms with Crippen molar-refractivity contribution < 1.29 is 9.18 Å². The first-order valence-corrected chi connectivity index (χ1v) is 5.59. The largest absolute Gasteiger partial charge is 0.298 e. The van der Waals surface area contributed by atoms with E-state index in [0.717, 1.165) is 16.1 Å². The highest BCUT2D eigenvalue weighted by Crippen LogP contribution is 2.29. The van der Waals surface area contributed by atoms with Crippen LogP contribution in [-0.2, 0) is 0 Å². The molecule has 0 unspecified atom stereocenters. The van der Waals surface area contributed by atoms with E-state index in [1.54, 1.807) is 18.2 Å². The van der Waals surface area contributed by atoms with E-state index < -0.39 is 0 Å². The van der Waals surface area contributed by atoms with Gasteiger partial charge in [0.1, 0.15) is 5.82 Å². The van der Waals surface area contributed by atoms with Gasteiger partial charge in [0.2, 0.25) is 0 Å². The quantitative estimate of drug-likeness (QED) is 0.749. The summed E-state index contributed by atoms with van der Waals surface area (Å²) in [6.07, 6.45) is 0.807. The van der Waals surface area contributed by atoms with Crippen molar-refractivity contribution in [2.24, 2.45) is 0 Å². The molecule has 16 heavy (non-hydrogen) atoms. The lowest BCUT2D eigenvalue weighted by atomic mass is 10.2. The third-order valence-corrected chi connectivity index (χ3v) is 3.15. The second-order valence-electron chi connectivity index (χ2n) is 3.22. The maximum atomic E-state index is 13.0. The summed E-state index contributed by atoms with van der Waals surface area (Å²) < 4.78 is 13.0. The van der Waals surface area contributed by atoms with Gasteiger partial charge in [-0.2, -0.15) is 0 Å². The zero-order chi connectivity index (χ0) is 11.4. The summed E-state index contributed by atoms with van der Waals surface area (Å²) >= 11 is 1.38. The van der Waals surface area contributed by atoms with E-state index in [2.05, 4.69) is 0 Å². The molecule has 0 saturated heterocycles. The zero-order valence-corrected chi connectivity index (χ0v) is 9.21. The first-order valence-electron chi connectivity index (χ1n) is 4.77. The van der Waals surface area contributed by atoms with E-state index >= 15 is 0 Å². The molecule has 0 aliphatic heterocycles. The van der Waals surface area contributed by atoms with Crippen LogP contribution in [-0.4, -0.2) is 6.29 Å². The van der Waals surface area contributed by atoms with Gasteiger partial charge in [0, 0.05) is 15.4 Å². The lowest BCUT2D eigenvalue weighted by Gasteiger charge is -2.03. The second kappa shape index (κ2) is 4.94. The van der Waals surface area contributed by atoms with Crippen LogP contribution < -0.4 is 0 Å². The third kappa shape index (κ3) is 2.49. The highest BCUT2D eigenvalue weighted by Gasteiger charge is 2.03. The molecule has 0 aliphatic carbocycles. The molecule has 80 valence electrons. The molecule has 0 bridgehead atoms. The van der Waals surface area contributed by atoms with Crippen LogP contribution in [0.25, 0.3) is 0 Å². The average Bonchev–Trinajstić information content (AvgIpc) is 2.30. The Labute approximate surface area is 97.3 Å². The number of aldehydes is 1. The standard InChI is InChI=1S/C13H9FOS/c14-11-5-3-6-12(8-11)16-13-7-2-1-4-10(13)9-15/h1-9H. The number of carbonyl (C=O) groups excluding carboxylic acids is 1. The van der Waals surface area contributed by atoms with Gasteiger partial charge in [0.05, 0.1) is 0 Å². The molecule has 2 aromatic carbocycles. The Morgan fingerprint density at radius 3 is 2.62 bits per heavy atom. The van der Waals surface area contributed by atoms with Crippen molar-refractivity contribution in [2.75, 3.05) is 0 Å². The predicted molar refractivity (Wildman–Crippen MR) is 62.4 cm³/mol. The molecule has 0 saturated carbocycles. The molecule has 1 nitrogen and oxygen atoms in total. The highest BCUT2D eigenvalue weighted by molar-refractivity contribution is 7.99. The Hall–Kier alpha value is -1.61. The van der Waals surface area contributed by atoms with Crippen molar-refractivity contribution >= 4 is 18.0 Å². The normalized spacial score (nSPS) is 10.1. The molecule has 0 spiro atoms. The van der Waals surface area contributed by atoms with E-state index in [0.29, 0.717) is 5.56 Å². The van der Waals surface area contributed by atoms with Crippen LogP contribution in [0.15, 0.2) is 58.3 Å². The number of benzene rings is 2. The monoisotopic (exact) mass is 232 g/mol. The minimum absolute atomic E-state index is 0.270. The predicted octanol–water partition coefficient (Wildman–Crippen LogP) is 3.79. The SMILES string of the molecule is O=Cc1ccccc1Sc1cccc(F)c1. The number of halogens is 1. The van der Waals surface area contributed by atoms with Gasteiger partial charge >= 0.3 is 0 Å². The van der Waals surface area contributed by atoms with Gasteiger partial charge in [-0.05, 0) is 24.3 Å². The smallest absolute Gasteiger partial charge is 0.151 e. The van der Waals surface area contributed by atoms with E-state index in [-0.39, 0.29) is 5.82 Å².